The molecule has 10 heteroatoms. The van der Waals surface area contributed by atoms with Crippen LogP contribution < -0.4 is 10.6 Å². The maximum absolute atomic E-state index is 13.5. The Labute approximate surface area is 196 Å². The number of rotatable bonds is 7. The Hall–Kier alpha value is -1.86. The number of amides is 3. The van der Waals surface area contributed by atoms with E-state index in [1.165, 1.54) is 11.6 Å². The summed E-state index contributed by atoms with van der Waals surface area (Å²) in [7, 11) is -3.63. The van der Waals surface area contributed by atoms with Crippen molar-refractivity contribution >= 4 is 25.3 Å². The van der Waals surface area contributed by atoms with E-state index in [1.54, 1.807) is 6.08 Å². The number of hydrogen-bond donors (Lipinski definition) is 3. The van der Waals surface area contributed by atoms with Crippen molar-refractivity contribution in [2.45, 2.75) is 89.2 Å². The van der Waals surface area contributed by atoms with Crippen LogP contribution in [0.1, 0.15) is 65.7 Å². The van der Waals surface area contributed by atoms with Crippen molar-refractivity contribution in [1.29, 1.82) is 0 Å². The second-order valence-corrected chi connectivity index (χ2v) is 13.3. The van der Waals surface area contributed by atoms with E-state index in [4.69, 9.17) is 4.74 Å². The van der Waals surface area contributed by atoms with E-state index in [0.717, 1.165) is 25.7 Å². The van der Waals surface area contributed by atoms with Gasteiger partial charge in [-0.05, 0) is 50.4 Å². The van der Waals surface area contributed by atoms with Crippen LogP contribution in [-0.4, -0.2) is 64.4 Å². The Morgan fingerprint density at radius 2 is 1.85 bits per heavy atom. The van der Waals surface area contributed by atoms with E-state index >= 15 is 0 Å². The minimum atomic E-state index is -3.63. The van der Waals surface area contributed by atoms with Gasteiger partial charge in [-0.25, -0.2) is 4.79 Å². The van der Waals surface area contributed by atoms with Crippen LogP contribution in [0.3, 0.4) is 0 Å². The Bertz CT molecular complexity index is 844. The van der Waals surface area contributed by atoms with Gasteiger partial charge < -0.3 is 25.2 Å². The van der Waals surface area contributed by atoms with Gasteiger partial charge in [0.2, 0.25) is 19.2 Å². The highest BCUT2D eigenvalue weighted by Crippen LogP contribution is 2.67. The molecule has 1 heterocycles. The average molecular weight is 484 g/mol. The lowest BCUT2D eigenvalue weighted by Gasteiger charge is -2.35. The first-order valence-electron chi connectivity index (χ1n) is 11.8. The van der Waals surface area contributed by atoms with Crippen LogP contribution in [0.5, 0.6) is 0 Å². The van der Waals surface area contributed by atoms with Crippen molar-refractivity contribution in [3.05, 3.63) is 12.7 Å². The molecule has 3 rings (SSSR count). The van der Waals surface area contributed by atoms with Gasteiger partial charge in [0.25, 0.3) is 0 Å². The largest absolute Gasteiger partial charge is 0.446 e. The molecule has 2 unspecified atom stereocenters. The predicted molar refractivity (Wildman–Crippen MR) is 125 cm³/mol. The molecule has 0 radical (unpaired) electrons. The van der Waals surface area contributed by atoms with Gasteiger partial charge in [0.05, 0.1) is 0 Å². The van der Waals surface area contributed by atoms with Gasteiger partial charge in [-0.3, -0.25) is 14.2 Å². The van der Waals surface area contributed by atoms with Gasteiger partial charge in [0.1, 0.15) is 23.5 Å². The lowest BCUT2D eigenvalue weighted by atomic mass is 9.85. The zero-order valence-corrected chi connectivity index (χ0v) is 21.0. The minimum Gasteiger partial charge on any atom is -0.446 e. The van der Waals surface area contributed by atoms with Crippen LogP contribution in [0.2, 0.25) is 0 Å². The SMILES string of the molecule is C=C[C@@H]1C[C@]1(NC(=O)[C@@H]1CCCN1C(=O)C(NC(=O)OC1CCCC1)C(C)(C)C)P(C)(=O)O. The third-order valence-corrected chi connectivity index (χ3v) is 9.25. The highest BCUT2D eigenvalue weighted by Gasteiger charge is 2.64. The van der Waals surface area contributed by atoms with Crippen LogP contribution in [0.15, 0.2) is 12.7 Å². The molecule has 0 aromatic rings. The van der Waals surface area contributed by atoms with Crippen molar-refractivity contribution in [3.63, 3.8) is 0 Å². The number of carbonyl (C=O) groups excluding carboxylic acids is 3. The van der Waals surface area contributed by atoms with E-state index in [9.17, 15) is 23.8 Å². The number of carbonyl (C=O) groups is 3. The number of nitrogens with one attached hydrogen (secondary N) is 2. The third kappa shape index (κ3) is 5.46. The molecule has 3 N–H and O–H groups in total. The summed E-state index contributed by atoms with van der Waals surface area (Å²) in [5.74, 6) is -1.07. The lowest BCUT2D eigenvalue weighted by Crippen LogP contribution is -2.58. The first-order valence-corrected chi connectivity index (χ1v) is 13.9. The van der Waals surface area contributed by atoms with Crippen LogP contribution >= 0.6 is 7.37 Å². The van der Waals surface area contributed by atoms with Gasteiger partial charge in [-0.2, -0.15) is 0 Å². The average Bonchev–Trinajstić information content (AvgIpc) is 3.07. The standard InChI is InChI=1S/C23H38N3O6P/c1-6-15-14-23(15,33(5,30)31)25-19(27)17-12-9-13-26(17)20(28)18(22(2,3)4)24-21(29)32-16-10-7-8-11-16/h6,15-18H,1,7-14H2,2-5H3,(H,24,29)(H,25,27)(H,30,31)/t15-,17+,18?,23+/m1/s1. The molecule has 33 heavy (non-hydrogen) atoms. The normalized spacial score (nSPS) is 30.3. The number of ether oxygens (including phenoxy) is 1. The van der Waals surface area contributed by atoms with E-state index < -0.39 is 42.1 Å². The number of likely N-dealkylation sites (tertiary alicyclic amines) is 1. The fourth-order valence-corrected chi connectivity index (χ4v) is 6.58. The molecule has 2 aliphatic carbocycles. The molecule has 1 saturated heterocycles. The van der Waals surface area contributed by atoms with Gasteiger partial charge in [0, 0.05) is 19.1 Å². The second kappa shape index (κ2) is 9.41. The minimum absolute atomic E-state index is 0.123. The number of hydrogen-bond acceptors (Lipinski definition) is 5. The quantitative estimate of drug-likeness (QED) is 0.378. The van der Waals surface area contributed by atoms with Crippen LogP contribution in [0, 0.1) is 11.3 Å². The fraction of sp³-hybridized carbons (Fsp3) is 0.783. The molecular weight excluding hydrogens is 445 g/mol. The van der Waals surface area contributed by atoms with Gasteiger partial charge in [-0.1, -0.05) is 26.8 Å². The molecule has 9 nitrogen and oxygen atoms in total. The third-order valence-electron chi connectivity index (χ3n) is 7.14. The molecule has 0 aromatic carbocycles. The second-order valence-electron chi connectivity index (χ2n) is 10.8. The molecule has 3 aliphatic rings. The van der Waals surface area contributed by atoms with Crippen LogP contribution in [0.25, 0.3) is 0 Å². The molecule has 3 fully saturated rings. The first-order chi connectivity index (χ1) is 15.3. The molecule has 0 spiro atoms. The molecule has 186 valence electrons. The smallest absolute Gasteiger partial charge is 0.408 e. The summed E-state index contributed by atoms with van der Waals surface area (Å²) in [6.45, 7) is 10.9. The zero-order chi connectivity index (χ0) is 24.6. The molecule has 0 bridgehead atoms. The van der Waals surface area contributed by atoms with Crippen molar-refractivity contribution in [2.24, 2.45) is 11.3 Å². The summed E-state index contributed by atoms with van der Waals surface area (Å²) in [6, 6.07) is -1.63. The number of alkyl carbamates (subject to hydrolysis) is 1. The van der Waals surface area contributed by atoms with Crippen molar-refractivity contribution in [2.75, 3.05) is 13.2 Å². The monoisotopic (exact) mass is 483 g/mol. The molecule has 1 aliphatic heterocycles. The molecule has 0 aromatic heterocycles. The van der Waals surface area contributed by atoms with E-state index in [0.29, 0.717) is 25.8 Å². The summed E-state index contributed by atoms with van der Waals surface area (Å²) in [5, 5.41) is 4.30. The maximum atomic E-state index is 13.5. The molecule has 2 saturated carbocycles. The van der Waals surface area contributed by atoms with Crippen molar-refractivity contribution in [3.8, 4) is 0 Å². The van der Waals surface area contributed by atoms with Crippen molar-refractivity contribution in [1.82, 2.24) is 15.5 Å². The van der Waals surface area contributed by atoms with Crippen molar-refractivity contribution < 1.29 is 28.6 Å². The van der Waals surface area contributed by atoms with Gasteiger partial charge >= 0.3 is 6.09 Å². The zero-order valence-electron chi connectivity index (χ0n) is 20.1. The predicted octanol–water partition coefficient (Wildman–Crippen LogP) is 2.98. The van der Waals surface area contributed by atoms with Gasteiger partial charge in [-0.15, -0.1) is 6.58 Å². The summed E-state index contributed by atoms with van der Waals surface area (Å²) in [6.07, 6.45) is 5.99. The lowest BCUT2D eigenvalue weighted by molar-refractivity contribution is -0.142. The Morgan fingerprint density at radius 1 is 1.21 bits per heavy atom. The van der Waals surface area contributed by atoms with E-state index in [2.05, 4.69) is 17.2 Å². The summed E-state index contributed by atoms with van der Waals surface area (Å²) in [4.78, 5) is 50.9. The first kappa shape index (κ1) is 25.8. The van der Waals surface area contributed by atoms with Gasteiger partial charge in [0.15, 0.2) is 0 Å². The summed E-state index contributed by atoms with van der Waals surface area (Å²) in [5.41, 5.74) is -0.606. The Morgan fingerprint density at radius 3 is 2.36 bits per heavy atom. The fourth-order valence-electron chi connectivity index (χ4n) is 5.00. The maximum Gasteiger partial charge on any atom is 0.408 e. The summed E-state index contributed by atoms with van der Waals surface area (Å²) >= 11 is 0. The molecule has 3 amide bonds. The highest BCUT2D eigenvalue weighted by atomic mass is 31.2. The van der Waals surface area contributed by atoms with E-state index in [-0.39, 0.29) is 17.9 Å². The molecular formula is C23H38N3O6P. The highest BCUT2D eigenvalue weighted by molar-refractivity contribution is 7.59. The Kier molecular flexibility index (Phi) is 7.35. The Balaban J connectivity index is 1.71. The summed E-state index contributed by atoms with van der Waals surface area (Å²) < 4.78 is 18.0. The van der Waals surface area contributed by atoms with Crippen LogP contribution in [0.4, 0.5) is 4.79 Å². The topological polar surface area (TPSA) is 125 Å². The van der Waals surface area contributed by atoms with Crippen LogP contribution in [-0.2, 0) is 18.9 Å². The number of nitrogens with zero attached hydrogens (tertiary/aromatic N) is 1. The van der Waals surface area contributed by atoms with E-state index in [1.807, 2.05) is 20.8 Å². The molecule has 5 atom stereocenters.